The van der Waals surface area contributed by atoms with Crippen molar-refractivity contribution in [3.05, 3.63) is 40.9 Å². The van der Waals surface area contributed by atoms with Crippen molar-refractivity contribution in [2.24, 2.45) is 5.73 Å². The third-order valence-corrected chi connectivity index (χ3v) is 5.60. The summed E-state index contributed by atoms with van der Waals surface area (Å²) in [7, 11) is 0. The van der Waals surface area contributed by atoms with Gasteiger partial charge >= 0.3 is 0 Å². The lowest BCUT2D eigenvalue weighted by molar-refractivity contribution is 0.527. The fourth-order valence-electron chi connectivity index (χ4n) is 2.55. The quantitative estimate of drug-likeness (QED) is 0.916. The summed E-state index contributed by atoms with van der Waals surface area (Å²) in [5.41, 5.74) is 10.9. The first-order valence-corrected chi connectivity index (χ1v) is 7.79. The van der Waals surface area contributed by atoms with E-state index in [2.05, 4.69) is 41.4 Å². The van der Waals surface area contributed by atoms with Gasteiger partial charge in [-0.2, -0.15) is 0 Å². The highest BCUT2D eigenvalue weighted by molar-refractivity contribution is 8.01. The first-order chi connectivity index (χ1) is 8.75. The van der Waals surface area contributed by atoms with Crippen molar-refractivity contribution in [2.45, 2.75) is 34.9 Å². The molecule has 3 atom stereocenters. The Balaban J connectivity index is 1.87. The van der Waals surface area contributed by atoms with Crippen molar-refractivity contribution in [3.8, 4) is 0 Å². The van der Waals surface area contributed by atoms with Crippen LogP contribution < -0.4 is 5.73 Å². The topological polar surface area (TPSA) is 51.8 Å². The standard InChI is InChI=1S/C13H15N3S2/c1-8-6-11(18-13-16-15-7-17-13)12(14)10-5-3-2-4-9(8)10/h2-5,7-8,11-12H,6,14H2,1H3. The largest absolute Gasteiger partial charge is 0.323 e. The van der Waals surface area contributed by atoms with Crippen molar-refractivity contribution in [1.82, 2.24) is 10.2 Å². The molecular weight excluding hydrogens is 262 g/mol. The fraction of sp³-hybridized carbons (Fsp3) is 0.385. The minimum absolute atomic E-state index is 0.0892. The number of nitrogens with zero attached hydrogens (tertiary/aromatic N) is 2. The molecule has 0 fully saturated rings. The maximum atomic E-state index is 6.41. The summed E-state index contributed by atoms with van der Waals surface area (Å²) in [5, 5.41) is 8.38. The van der Waals surface area contributed by atoms with Crippen LogP contribution in [0.5, 0.6) is 0 Å². The van der Waals surface area contributed by atoms with Gasteiger partial charge in [0.15, 0.2) is 4.34 Å². The van der Waals surface area contributed by atoms with Gasteiger partial charge in [-0.3, -0.25) is 0 Å². The molecule has 0 amide bonds. The van der Waals surface area contributed by atoms with Crippen molar-refractivity contribution >= 4 is 23.1 Å². The lowest BCUT2D eigenvalue weighted by Gasteiger charge is -2.33. The second kappa shape index (κ2) is 4.99. The first-order valence-electron chi connectivity index (χ1n) is 6.03. The van der Waals surface area contributed by atoms with Crippen LogP contribution in [0, 0.1) is 0 Å². The summed E-state index contributed by atoms with van der Waals surface area (Å²) >= 11 is 3.35. The Labute approximate surface area is 115 Å². The molecule has 0 radical (unpaired) electrons. The van der Waals surface area contributed by atoms with Crippen molar-refractivity contribution < 1.29 is 0 Å². The molecule has 1 aliphatic rings. The van der Waals surface area contributed by atoms with E-state index in [9.17, 15) is 0 Å². The third-order valence-electron chi connectivity index (χ3n) is 3.46. The van der Waals surface area contributed by atoms with E-state index >= 15 is 0 Å². The average molecular weight is 277 g/mol. The molecule has 1 aliphatic carbocycles. The minimum Gasteiger partial charge on any atom is -0.323 e. The van der Waals surface area contributed by atoms with Crippen LogP contribution in [0.4, 0.5) is 0 Å². The van der Waals surface area contributed by atoms with E-state index in [-0.39, 0.29) is 6.04 Å². The molecule has 0 aliphatic heterocycles. The zero-order chi connectivity index (χ0) is 12.5. The summed E-state index contributed by atoms with van der Waals surface area (Å²) in [6.45, 7) is 2.28. The minimum atomic E-state index is 0.0892. The summed E-state index contributed by atoms with van der Waals surface area (Å²) in [4.78, 5) is 0. The molecule has 0 saturated carbocycles. The Morgan fingerprint density at radius 1 is 1.33 bits per heavy atom. The van der Waals surface area contributed by atoms with Crippen LogP contribution in [-0.4, -0.2) is 15.4 Å². The summed E-state index contributed by atoms with van der Waals surface area (Å²) in [5.74, 6) is 0.562. The second-order valence-electron chi connectivity index (χ2n) is 4.65. The molecule has 2 N–H and O–H groups in total. The Morgan fingerprint density at radius 3 is 2.83 bits per heavy atom. The average Bonchev–Trinajstić information content (AvgIpc) is 2.89. The summed E-state index contributed by atoms with van der Waals surface area (Å²) in [6, 6.07) is 8.62. The number of nitrogens with two attached hydrogens (primary N) is 1. The SMILES string of the molecule is CC1CC(Sc2nncs2)C(N)c2ccccc21. The first kappa shape index (κ1) is 12.1. The van der Waals surface area contributed by atoms with Crippen LogP contribution in [0.3, 0.4) is 0 Å². The molecule has 0 bridgehead atoms. The maximum Gasteiger partial charge on any atom is 0.174 e. The maximum absolute atomic E-state index is 6.41. The highest BCUT2D eigenvalue weighted by Gasteiger charge is 2.31. The predicted octanol–water partition coefficient (Wildman–Crippen LogP) is 3.21. The zero-order valence-electron chi connectivity index (χ0n) is 10.1. The fourth-order valence-corrected chi connectivity index (χ4v) is 4.58. The molecule has 1 aromatic heterocycles. The number of fused-ring (bicyclic) bond motifs is 1. The van der Waals surface area contributed by atoms with Crippen molar-refractivity contribution in [1.29, 1.82) is 0 Å². The Kier molecular flexibility index (Phi) is 3.37. The van der Waals surface area contributed by atoms with Gasteiger partial charge in [0.05, 0.1) is 0 Å². The van der Waals surface area contributed by atoms with Gasteiger partial charge in [0.25, 0.3) is 0 Å². The smallest absolute Gasteiger partial charge is 0.174 e. The van der Waals surface area contributed by atoms with E-state index in [4.69, 9.17) is 5.73 Å². The van der Waals surface area contributed by atoms with Crippen LogP contribution in [0.25, 0.3) is 0 Å². The number of hydrogen-bond acceptors (Lipinski definition) is 5. The number of rotatable bonds is 2. The molecule has 3 nitrogen and oxygen atoms in total. The van der Waals surface area contributed by atoms with Gasteiger partial charge < -0.3 is 5.73 Å². The Hall–Kier alpha value is -0.910. The van der Waals surface area contributed by atoms with Crippen LogP contribution in [0.15, 0.2) is 34.1 Å². The predicted molar refractivity (Wildman–Crippen MR) is 76.0 cm³/mol. The molecule has 1 heterocycles. The molecule has 3 unspecified atom stereocenters. The second-order valence-corrected chi connectivity index (χ2v) is 6.97. The molecule has 2 aromatic rings. The highest BCUT2D eigenvalue weighted by atomic mass is 32.2. The third kappa shape index (κ3) is 2.18. The monoisotopic (exact) mass is 277 g/mol. The molecule has 1 aromatic carbocycles. The number of aromatic nitrogens is 2. The summed E-state index contributed by atoms with van der Waals surface area (Å²) in [6.07, 6.45) is 1.10. The molecular formula is C13H15N3S2. The number of thioether (sulfide) groups is 1. The van der Waals surface area contributed by atoms with Gasteiger partial charge in [0.2, 0.25) is 0 Å². The Bertz CT molecular complexity index is 527. The van der Waals surface area contributed by atoms with Gasteiger partial charge in [0.1, 0.15) is 5.51 Å². The van der Waals surface area contributed by atoms with Gasteiger partial charge in [-0.05, 0) is 23.5 Å². The van der Waals surface area contributed by atoms with Gasteiger partial charge in [-0.25, -0.2) is 0 Å². The van der Waals surface area contributed by atoms with Crippen molar-refractivity contribution in [3.63, 3.8) is 0 Å². The molecule has 5 heteroatoms. The number of benzene rings is 1. The van der Waals surface area contributed by atoms with Gasteiger partial charge in [-0.1, -0.05) is 54.3 Å². The van der Waals surface area contributed by atoms with E-state index < -0.39 is 0 Å². The Morgan fingerprint density at radius 2 is 2.11 bits per heavy atom. The lowest BCUT2D eigenvalue weighted by atomic mass is 9.81. The normalized spacial score (nSPS) is 26.9. The van der Waals surface area contributed by atoms with Crippen molar-refractivity contribution in [2.75, 3.05) is 0 Å². The molecule has 18 heavy (non-hydrogen) atoms. The zero-order valence-corrected chi connectivity index (χ0v) is 11.7. The van der Waals surface area contributed by atoms with E-state index in [0.717, 1.165) is 10.8 Å². The van der Waals surface area contributed by atoms with Gasteiger partial charge in [-0.15, -0.1) is 10.2 Å². The highest BCUT2D eigenvalue weighted by Crippen LogP contribution is 2.43. The lowest BCUT2D eigenvalue weighted by Crippen LogP contribution is -2.30. The molecule has 0 spiro atoms. The molecule has 3 rings (SSSR count). The van der Waals surface area contributed by atoms with Crippen LogP contribution in [0.2, 0.25) is 0 Å². The molecule has 0 saturated heterocycles. The summed E-state index contributed by atoms with van der Waals surface area (Å²) < 4.78 is 1.02. The van der Waals surface area contributed by atoms with E-state index in [1.54, 1.807) is 28.6 Å². The van der Waals surface area contributed by atoms with Crippen LogP contribution >= 0.6 is 23.1 Å². The van der Waals surface area contributed by atoms with E-state index in [1.807, 2.05) is 0 Å². The van der Waals surface area contributed by atoms with Gasteiger partial charge in [0, 0.05) is 11.3 Å². The van der Waals surface area contributed by atoms with Crippen LogP contribution in [-0.2, 0) is 0 Å². The van der Waals surface area contributed by atoms with Crippen LogP contribution in [0.1, 0.15) is 36.4 Å². The van der Waals surface area contributed by atoms with E-state index in [1.165, 1.54) is 11.1 Å². The number of hydrogen-bond donors (Lipinski definition) is 1. The van der Waals surface area contributed by atoms with E-state index in [0.29, 0.717) is 11.2 Å². The molecule has 94 valence electrons.